The fourth-order valence-electron chi connectivity index (χ4n) is 1.11. The summed E-state index contributed by atoms with van der Waals surface area (Å²) in [6.07, 6.45) is 0. The molecule has 7 heteroatoms. The maximum Gasteiger partial charge on any atom is 0.313 e. The standard InChI is InChI=1S/C8H13N3O3S/c1-3-11-6(4-14-2)9-10-8(11)15-5-7(12)13/h3-5H2,1-2H3,(H,12,13). The topological polar surface area (TPSA) is 77.2 Å². The van der Waals surface area contributed by atoms with Gasteiger partial charge in [-0.05, 0) is 6.92 Å². The van der Waals surface area contributed by atoms with Crippen molar-refractivity contribution in [2.45, 2.75) is 25.2 Å². The van der Waals surface area contributed by atoms with Gasteiger partial charge in [0.1, 0.15) is 6.61 Å². The van der Waals surface area contributed by atoms with Gasteiger partial charge in [-0.2, -0.15) is 0 Å². The SMILES string of the molecule is CCn1c(COC)nnc1SCC(=O)O. The van der Waals surface area contributed by atoms with Crippen LogP contribution in [0, 0.1) is 0 Å². The number of carbonyl (C=O) groups is 1. The van der Waals surface area contributed by atoms with Gasteiger partial charge in [0, 0.05) is 13.7 Å². The Hall–Kier alpha value is -1.08. The van der Waals surface area contributed by atoms with Gasteiger partial charge in [0.25, 0.3) is 0 Å². The molecule has 0 fully saturated rings. The van der Waals surface area contributed by atoms with Crippen LogP contribution >= 0.6 is 11.8 Å². The zero-order valence-corrected chi connectivity index (χ0v) is 9.45. The molecule has 1 rings (SSSR count). The van der Waals surface area contributed by atoms with Crippen LogP contribution in [0.25, 0.3) is 0 Å². The molecule has 84 valence electrons. The average molecular weight is 231 g/mol. The Balaban J connectivity index is 2.74. The normalized spacial score (nSPS) is 10.5. The van der Waals surface area contributed by atoms with Crippen molar-refractivity contribution in [1.29, 1.82) is 0 Å². The van der Waals surface area contributed by atoms with E-state index < -0.39 is 5.97 Å². The number of carboxylic acids is 1. The molecule has 1 aromatic heterocycles. The molecule has 1 N–H and O–H groups in total. The molecule has 1 heterocycles. The minimum atomic E-state index is -0.862. The first-order valence-corrected chi connectivity index (χ1v) is 5.43. The lowest BCUT2D eigenvalue weighted by Crippen LogP contribution is -2.05. The van der Waals surface area contributed by atoms with E-state index in [1.54, 1.807) is 7.11 Å². The zero-order valence-electron chi connectivity index (χ0n) is 8.63. The van der Waals surface area contributed by atoms with E-state index in [1.165, 1.54) is 0 Å². The smallest absolute Gasteiger partial charge is 0.313 e. The molecule has 0 aliphatic carbocycles. The Morgan fingerprint density at radius 3 is 2.87 bits per heavy atom. The number of carboxylic acid groups (broad SMARTS) is 1. The fraction of sp³-hybridized carbons (Fsp3) is 0.625. The number of ether oxygens (including phenoxy) is 1. The van der Waals surface area contributed by atoms with E-state index in [0.29, 0.717) is 24.1 Å². The number of hydrogen-bond donors (Lipinski definition) is 1. The second kappa shape index (κ2) is 5.72. The molecule has 0 aromatic carbocycles. The molecule has 1 aromatic rings. The number of hydrogen-bond acceptors (Lipinski definition) is 5. The van der Waals surface area contributed by atoms with E-state index in [1.807, 2.05) is 11.5 Å². The van der Waals surface area contributed by atoms with Gasteiger partial charge in [0.2, 0.25) is 0 Å². The van der Waals surface area contributed by atoms with Gasteiger partial charge in [0.15, 0.2) is 11.0 Å². The minimum absolute atomic E-state index is 0.00881. The van der Waals surface area contributed by atoms with Gasteiger partial charge in [-0.15, -0.1) is 10.2 Å². The van der Waals surface area contributed by atoms with Gasteiger partial charge in [-0.3, -0.25) is 4.79 Å². The largest absolute Gasteiger partial charge is 0.481 e. The van der Waals surface area contributed by atoms with Crippen LogP contribution in [0.1, 0.15) is 12.7 Å². The Labute approximate surface area is 91.6 Å². The lowest BCUT2D eigenvalue weighted by Gasteiger charge is -2.05. The summed E-state index contributed by atoms with van der Waals surface area (Å²) in [5.74, 6) is -0.155. The van der Waals surface area contributed by atoms with Gasteiger partial charge in [-0.1, -0.05) is 11.8 Å². The van der Waals surface area contributed by atoms with Crippen LogP contribution in [0.3, 0.4) is 0 Å². The second-order valence-electron chi connectivity index (χ2n) is 2.76. The summed E-state index contributed by atoms with van der Waals surface area (Å²) in [6, 6.07) is 0. The number of nitrogens with zero attached hydrogens (tertiary/aromatic N) is 3. The van der Waals surface area contributed by atoms with Gasteiger partial charge in [0.05, 0.1) is 5.75 Å². The Kier molecular flexibility index (Phi) is 4.57. The average Bonchev–Trinajstić information content (AvgIpc) is 2.58. The number of methoxy groups -OCH3 is 1. The van der Waals surface area contributed by atoms with Crippen molar-refractivity contribution in [2.24, 2.45) is 0 Å². The molecule has 0 radical (unpaired) electrons. The van der Waals surface area contributed by atoms with Gasteiger partial charge >= 0.3 is 5.97 Å². The molecule has 0 saturated heterocycles. The molecule has 0 atom stereocenters. The monoisotopic (exact) mass is 231 g/mol. The molecular formula is C8H13N3O3S. The summed E-state index contributed by atoms with van der Waals surface area (Å²) in [5.41, 5.74) is 0. The van der Waals surface area contributed by atoms with Gasteiger partial charge in [-0.25, -0.2) is 0 Å². The maximum atomic E-state index is 10.4. The molecule has 0 spiro atoms. The van der Waals surface area contributed by atoms with Crippen molar-refractivity contribution in [2.75, 3.05) is 12.9 Å². The summed E-state index contributed by atoms with van der Waals surface area (Å²) in [6.45, 7) is 3.04. The van der Waals surface area contributed by atoms with Crippen molar-refractivity contribution in [3.05, 3.63) is 5.82 Å². The first-order chi connectivity index (χ1) is 7.19. The lowest BCUT2D eigenvalue weighted by molar-refractivity contribution is -0.133. The Bertz CT molecular complexity index is 340. The molecule has 0 aliphatic heterocycles. The predicted molar refractivity (Wildman–Crippen MR) is 54.8 cm³/mol. The third-order valence-electron chi connectivity index (χ3n) is 1.71. The molecule has 0 saturated carbocycles. The van der Waals surface area contributed by atoms with Crippen molar-refractivity contribution >= 4 is 17.7 Å². The molecule has 15 heavy (non-hydrogen) atoms. The first-order valence-electron chi connectivity index (χ1n) is 4.44. The second-order valence-corrected chi connectivity index (χ2v) is 3.70. The number of aromatic nitrogens is 3. The van der Waals surface area contributed by atoms with Crippen LogP contribution in [-0.4, -0.2) is 38.7 Å². The third-order valence-corrected chi connectivity index (χ3v) is 2.66. The fourth-order valence-corrected chi connectivity index (χ4v) is 1.85. The van der Waals surface area contributed by atoms with Crippen LogP contribution in [-0.2, 0) is 22.7 Å². The highest BCUT2D eigenvalue weighted by Crippen LogP contribution is 2.16. The van der Waals surface area contributed by atoms with Crippen molar-refractivity contribution in [3.63, 3.8) is 0 Å². The highest BCUT2D eigenvalue weighted by molar-refractivity contribution is 7.99. The zero-order chi connectivity index (χ0) is 11.3. The van der Waals surface area contributed by atoms with Crippen molar-refractivity contribution in [3.8, 4) is 0 Å². The van der Waals surface area contributed by atoms with Crippen LogP contribution in [0.15, 0.2) is 5.16 Å². The van der Waals surface area contributed by atoms with Crippen LogP contribution in [0.2, 0.25) is 0 Å². The number of rotatable bonds is 6. The maximum absolute atomic E-state index is 10.4. The minimum Gasteiger partial charge on any atom is -0.481 e. The van der Waals surface area contributed by atoms with Crippen LogP contribution in [0.4, 0.5) is 0 Å². The Morgan fingerprint density at radius 2 is 2.33 bits per heavy atom. The number of aliphatic carboxylic acids is 1. The van der Waals surface area contributed by atoms with E-state index in [9.17, 15) is 4.79 Å². The molecule has 0 bridgehead atoms. The van der Waals surface area contributed by atoms with E-state index in [0.717, 1.165) is 11.8 Å². The third kappa shape index (κ3) is 3.21. The van der Waals surface area contributed by atoms with E-state index in [2.05, 4.69) is 10.2 Å². The molecule has 6 nitrogen and oxygen atoms in total. The molecular weight excluding hydrogens is 218 g/mol. The summed E-state index contributed by atoms with van der Waals surface area (Å²) < 4.78 is 6.80. The highest BCUT2D eigenvalue weighted by atomic mass is 32.2. The van der Waals surface area contributed by atoms with E-state index in [-0.39, 0.29) is 5.75 Å². The quantitative estimate of drug-likeness (QED) is 0.723. The van der Waals surface area contributed by atoms with Crippen LogP contribution in [0.5, 0.6) is 0 Å². The molecule has 0 unspecified atom stereocenters. The van der Waals surface area contributed by atoms with E-state index >= 15 is 0 Å². The lowest BCUT2D eigenvalue weighted by atomic mass is 10.6. The van der Waals surface area contributed by atoms with Gasteiger partial charge < -0.3 is 14.4 Å². The van der Waals surface area contributed by atoms with E-state index in [4.69, 9.17) is 9.84 Å². The number of thioether (sulfide) groups is 1. The van der Waals surface area contributed by atoms with Crippen LogP contribution < -0.4 is 0 Å². The van der Waals surface area contributed by atoms with Crippen molar-refractivity contribution < 1.29 is 14.6 Å². The summed E-state index contributed by atoms with van der Waals surface area (Å²) in [7, 11) is 1.58. The molecule has 0 aliphatic rings. The Morgan fingerprint density at radius 1 is 1.60 bits per heavy atom. The summed E-state index contributed by atoms with van der Waals surface area (Å²) in [5, 5.41) is 17.0. The highest BCUT2D eigenvalue weighted by Gasteiger charge is 2.11. The first kappa shape index (κ1) is 12.0. The van der Waals surface area contributed by atoms with Crippen molar-refractivity contribution in [1.82, 2.24) is 14.8 Å². The summed E-state index contributed by atoms with van der Waals surface area (Å²) >= 11 is 1.16. The molecule has 0 amide bonds. The predicted octanol–water partition coefficient (Wildman–Crippen LogP) is 0.621. The summed E-state index contributed by atoms with van der Waals surface area (Å²) in [4.78, 5) is 10.4.